The molecule has 0 fully saturated rings. The highest BCUT2D eigenvalue weighted by atomic mass is 16.5. The fourth-order valence-electron chi connectivity index (χ4n) is 1.39. The molecule has 2 rings (SSSR count). The monoisotopic (exact) mass is 185 g/mol. The Labute approximate surface area is 82.9 Å². The predicted octanol–water partition coefficient (Wildman–Crippen LogP) is 3.07. The molecule has 2 nitrogen and oxygen atoms in total. The van der Waals surface area contributed by atoms with Crippen molar-refractivity contribution in [3.05, 3.63) is 54.7 Å². The summed E-state index contributed by atoms with van der Waals surface area (Å²) in [6, 6.07) is 9.96. The highest BCUT2D eigenvalue weighted by molar-refractivity contribution is 5.60. The van der Waals surface area contributed by atoms with Crippen LogP contribution in [0.2, 0.25) is 0 Å². The van der Waals surface area contributed by atoms with Gasteiger partial charge >= 0.3 is 0 Å². The lowest BCUT2D eigenvalue weighted by Gasteiger charge is -1.97. The number of nitrogens with zero attached hydrogens (tertiary/aromatic N) is 1. The quantitative estimate of drug-likeness (QED) is 0.687. The maximum absolute atomic E-state index is 5.21. The van der Waals surface area contributed by atoms with Crippen LogP contribution in [-0.2, 0) is 6.42 Å². The molecule has 0 atom stereocenters. The molecule has 0 unspecified atom stereocenters. The van der Waals surface area contributed by atoms with Gasteiger partial charge in [-0.05, 0) is 6.42 Å². The van der Waals surface area contributed by atoms with Crippen molar-refractivity contribution in [3.63, 3.8) is 0 Å². The molecule has 2 heteroatoms. The summed E-state index contributed by atoms with van der Waals surface area (Å²) in [5, 5.41) is 3.79. The van der Waals surface area contributed by atoms with Crippen LogP contribution in [0.4, 0.5) is 0 Å². The van der Waals surface area contributed by atoms with Crippen molar-refractivity contribution in [1.82, 2.24) is 5.16 Å². The molecule has 1 heterocycles. The molecule has 0 radical (unpaired) electrons. The standard InChI is InChI=1S/C12H11NO/c1-2-6-11-9-13-14-12(11)10-7-4-3-5-8-10/h2-5,7-9H,1,6H2. The second-order valence-electron chi connectivity index (χ2n) is 3.04. The van der Waals surface area contributed by atoms with E-state index in [0.717, 1.165) is 23.3 Å². The lowest BCUT2D eigenvalue weighted by atomic mass is 10.1. The molecule has 0 N–H and O–H groups in total. The number of allylic oxidation sites excluding steroid dienone is 1. The molecule has 1 aromatic heterocycles. The van der Waals surface area contributed by atoms with Gasteiger partial charge in [-0.2, -0.15) is 0 Å². The summed E-state index contributed by atoms with van der Waals surface area (Å²) in [4.78, 5) is 0. The highest BCUT2D eigenvalue weighted by Crippen LogP contribution is 2.23. The molecule has 0 aliphatic heterocycles. The Bertz CT molecular complexity index is 417. The summed E-state index contributed by atoms with van der Waals surface area (Å²) in [6.45, 7) is 3.70. The summed E-state index contributed by atoms with van der Waals surface area (Å²) in [5.74, 6) is 0.838. The van der Waals surface area contributed by atoms with Gasteiger partial charge in [0.25, 0.3) is 0 Å². The topological polar surface area (TPSA) is 26.0 Å². The first-order valence-corrected chi connectivity index (χ1v) is 4.51. The second kappa shape index (κ2) is 3.92. The summed E-state index contributed by atoms with van der Waals surface area (Å²) < 4.78 is 5.21. The first-order valence-electron chi connectivity index (χ1n) is 4.51. The average Bonchev–Trinajstić information content (AvgIpc) is 2.68. The first kappa shape index (κ1) is 8.75. The third-order valence-corrected chi connectivity index (χ3v) is 2.04. The van der Waals surface area contributed by atoms with E-state index in [4.69, 9.17) is 4.52 Å². The zero-order valence-electron chi connectivity index (χ0n) is 7.81. The van der Waals surface area contributed by atoms with Crippen LogP contribution in [0.25, 0.3) is 11.3 Å². The SMILES string of the molecule is C=CCc1cnoc1-c1ccccc1. The Morgan fingerprint density at radius 2 is 2.07 bits per heavy atom. The van der Waals surface area contributed by atoms with E-state index in [-0.39, 0.29) is 0 Å². The number of benzene rings is 1. The van der Waals surface area contributed by atoms with Crippen LogP contribution in [0.1, 0.15) is 5.56 Å². The maximum Gasteiger partial charge on any atom is 0.170 e. The fraction of sp³-hybridized carbons (Fsp3) is 0.0833. The van der Waals surface area contributed by atoms with Crippen molar-refractivity contribution >= 4 is 0 Å². The van der Waals surface area contributed by atoms with Crippen LogP contribution in [0.3, 0.4) is 0 Å². The third-order valence-electron chi connectivity index (χ3n) is 2.04. The van der Waals surface area contributed by atoms with Crippen LogP contribution in [0.15, 0.2) is 53.7 Å². The molecule has 0 spiro atoms. The summed E-state index contributed by atoms with van der Waals surface area (Å²) >= 11 is 0. The Hall–Kier alpha value is -1.83. The molecule has 14 heavy (non-hydrogen) atoms. The molecule has 0 amide bonds. The van der Waals surface area contributed by atoms with Crippen molar-refractivity contribution < 1.29 is 4.52 Å². The van der Waals surface area contributed by atoms with Gasteiger partial charge in [0.1, 0.15) is 0 Å². The smallest absolute Gasteiger partial charge is 0.170 e. The maximum atomic E-state index is 5.21. The van der Waals surface area contributed by atoms with E-state index in [2.05, 4.69) is 11.7 Å². The number of hydrogen-bond acceptors (Lipinski definition) is 2. The highest BCUT2D eigenvalue weighted by Gasteiger charge is 2.07. The number of rotatable bonds is 3. The minimum Gasteiger partial charge on any atom is -0.356 e. The van der Waals surface area contributed by atoms with Gasteiger partial charge in [0.2, 0.25) is 0 Å². The van der Waals surface area contributed by atoms with Crippen molar-refractivity contribution in [3.8, 4) is 11.3 Å². The largest absolute Gasteiger partial charge is 0.356 e. The molecule has 2 aromatic rings. The van der Waals surface area contributed by atoms with Gasteiger partial charge in [0, 0.05) is 11.1 Å². The summed E-state index contributed by atoms with van der Waals surface area (Å²) in [7, 11) is 0. The summed E-state index contributed by atoms with van der Waals surface area (Å²) in [6.07, 6.45) is 4.37. The zero-order chi connectivity index (χ0) is 9.80. The second-order valence-corrected chi connectivity index (χ2v) is 3.04. The number of hydrogen-bond donors (Lipinski definition) is 0. The minimum absolute atomic E-state index is 0.785. The first-order chi connectivity index (χ1) is 6.92. The molecule has 0 saturated heterocycles. The van der Waals surface area contributed by atoms with Gasteiger partial charge in [0.05, 0.1) is 6.20 Å². The molecule has 0 aliphatic carbocycles. The van der Waals surface area contributed by atoms with Gasteiger partial charge in [-0.3, -0.25) is 0 Å². The van der Waals surface area contributed by atoms with Gasteiger partial charge in [-0.25, -0.2) is 0 Å². The normalized spacial score (nSPS) is 10.0. The Morgan fingerprint density at radius 1 is 1.29 bits per heavy atom. The van der Waals surface area contributed by atoms with Crippen LogP contribution in [0, 0.1) is 0 Å². The van der Waals surface area contributed by atoms with Crippen LogP contribution < -0.4 is 0 Å². The van der Waals surface area contributed by atoms with Crippen molar-refractivity contribution in [2.75, 3.05) is 0 Å². The van der Waals surface area contributed by atoms with E-state index >= 15 is 0 Å². The van der Waals surface area contributed by atoms with E-state index in [1.54, 1.807) is 6.20 Å². The molecular formula is C12H11NO. The number of aromatic nitrogens is 1. The van der Waals surface area contributed by atoms with Crippen molar-refractivity contribution in [1.29, 1.82) is 0 Å². The lowest BCUT2D eigenvalue weighted by Crippen LogP contribution is -1.81. The van der Waals surface area contributed by atoms with Crippen LogP contribution in [-0.4, -0.2) is 5.16 Å². The van der Waals surface area contributed by atoms with Crippen LogP contribution >= 0.6 is 0 Å². The van der Waals surface area contributed by atoms with Gasteiger partial charge in [0.15, 0.2) is 5.76 Å². The van der Waals surface area contributed by atoms with E-state index in [1.165, 1.54) is 0 Å². The predicted molar refractivity (Wildman–Crippen MR) is 55.8 cm³/mol. The lowest BCUT2D eigenvalue weighted by molar-refractivity contribution is 0.432. The molecule has 0 saturated carbocycles. The van der Waals surface area contributed by atoms with Gasteiger partial charge < -0.3 is 4.52 Å². The molecule has 1 aromatic carbocycles. The van der Waals surface area contributed by atoms with E-state index in [1.807, 2.05) is 36.4 Å². The summed E-state index contributed by atoms with van der Waals surface area (Å²) in [5.41, 5.74) is 2.13. The van der Waals surface area contributed by atoms with Crippen molar-refractivity contribution in [2.45, 2.75) is 6.42 Å². The Kier molecular flexibility index (Phi) is 2.45. The molecule has 0 bridgehead atoms. The average molecular weight is 185 g/mol. The van der Waals surface area contributed by atoms with Gasteiger partial charge in [-0.1, -0.05) is 41.6 Å². The molecular weight excluding hydrogens is 174 g/mol. The van der Waals surface area contributed by atoms with Crippen molar-refractivity contribution in [2.24, 2.45) is 0 Å². The third kappa shape index (κ3) is 1.59. The fourth-order valence-corrected chi connectivity index (χ4v) is 1.39. The van der Waals surface area contributed by atoms with E-state index in [0.29, 0.717) is 0 Å². The Morgan fingerprint density at radius 3 is 2.79 bits per heavy atom. The Balaban J connectivity index is 2.41. The van der Waals surface area contributed by atoms with Gasteiger partial charge in [-0.15, -0.1) is 6.58 Å². The van der Waals surface area contributed by atoms with Crippen LogP contribution in [0.5, 0.6) is 0 Å². The molecule has 0 aliphatic rings. The van der Waals surface area contributed by atoms with E-state index < -0.39 is 0 Å². The molecule has 70 valence electrons. The van der Waals surface area contributed by atoms with E-state index in [9.17, 15) is 0 Å². The minimum atomic E-state index is 0.785. The zero-order valence-corrected chi connectivity index (χ0v) is 7.81.